The Morgan fingerprint density at radius 1 is 1.08 bits per heavy atom. The van der Waals surface area contributed by atoms with E-state index >= 15 is 0 Å². The third kappa shape index (κ3) is 3.41. The molecule has 6 heteroatoms. The van der Waals surface area contributed by atoms with Crippen LogP contribution in [-0.4, -0.2) is 33.7 Å². The lowest BCUT2D eigenvalue weighted by molar-refractivity contribution is 0.100. The first kappa shape index (κ1) is 16.6. The van der Waals surface area contributed by atoms with Crippen LogP contribution in [0.25, 0.3) is 0 Å². The summed E-state index contributed by atoms with van der Waals surface area (Å²) >= 11 is 0. The third-order valence-corrected chi connectivity index (χ3v) is 5.02. The number of rotatable bonds is 5. The van der Waals surface area contributed by atoms with E-state index in [1.165, 1.54) is 11.8 Å². The quantitative estimate of drug-likeness (QED) is 0.693. The van der Waals surface area contributed by atoms with Crippen molar-refractivity contribution in [2.24, 2.45) is 0 Å². The highest BCUT2D eigenvalue weighted by Crippen LogP contribution is 2.28. The van der Waals surface area contributed by atoms with Gasteiger partial charge in [0.1, 0.15) is 5.69 Å². The number of carbonyl (C=O) groups is 1. The molecule has 2 N–H and O–H groups in total. The maximum Gasteiger partial charge on any atom is 0.323 e. The summed E-state index contributed by atoms with van der Waals surface area (Å²) < 4.78 is 5.17. The number of hydrogen-bond acceptors (Lipinski definition) is 4. The molecule has 1 aliphatic heterocycles. The molecule has 0 amide bonds. The molecule has 1 aromatic carbocycles. The summed E-state index contributed by atoms with van der Waals surface area (Å²) in [5, 5.41) is 0. The fourth-order valence-corrected chi connectivity index (χ4v) is 3.64. The van der Waals surface area contributed by atoms with Crippen molar-refractivity contribution in [2.75, 3.05) is 13.1 Å². The predicted molar refractivity (Wildman–Crippen MR) is 97.2 cm³/mol. The highest BCUT2D eigenvalue weighted by Gasteiger charge is 2.24. The van der Waals surface area contributed by atoms with E-state index in [4.69, 9.17) is 4.42 Å². The van der Waals surface area contributed by atoms with Crippen molar-refractivity contribution in [3.8, 4) is 0 Å². The molecular formula is C20H21N3O3. The van der Waals surface area contributed by atoms with Gasteiger partial charge in [-0.3, -0.25) is 9.69 Å². The average molecular weight is 351 g/mol. The molecule has 3 aromatic rings. The summed E-state index contributed by atoms with van der Waals surface area (Å²) in [6.45, 7) is 2.41. The minimum atomic E-state index is -0.367. The zero-order valence-corrected chi connectivity index (χ0v) is 14.4. The second kappa shape index (κ2) is 7.17. The number of nitrogens with zero attached hydrogens (tertiary/aromatic N) is 1. The first-order chi connectivity index (χ1) is 12.7. The van der Waals surface area contributed by atoms with Gasteiger partial charge in [-0.2, -0.15) is 0 Å². The molecule has 2 aromatic heterocycles. The highest BCUT2D eigenvalue weighted by atomic mass is 16.3. The van der Waals surface area contributed by atoms with Crippen LogP contribution >= 0.6 is 0 Å². The summed E-state index contributed by atoms with van der Waals surface area (Å²) in [7, 11) is 0. The number of benzene rings is 1. The van der Waals surface area contributed by atoms with Gasteiger partial charge in [-0.05, 0) is 49.5 Å². The Bertz CT molecular complexity index is 917. The second-order valence-corrected chi connectivity index (χ2v) is 6.70. The topological polar surface area (TPSA) is 82.1 Å². The maximum atomic E-state index is 12.5. The van der Waals surface area contributed by atoms with E-state index < -0.39 is 0 Å². The number of aromatic amines is 2. The van der Waals surface area contributed by atoms with Crippen molar-refractivity contribution in [3.63, 3.8) is 0 Å². The molecule has 6 nitrogen and oxygen atoms in total. The Balaban J connectivity index is 1.44. The molecule has 134 valence electrons. The zero-order valence-electron chi connectivity index (χ0n) is 14.4. The Kier molecular flexibility index (Phi) is 4.58. The fourth-order valence-electron chi connectivity index (χ4n) is 3.64. The fraction of sp³-hybridized carbons (Fsp3) is 0.300. The lowest BCUT2D eigenvalue weighted by Gasteiger charge is -2.32. The number of ketones is 1. The van der Waals surface area contributed by atoms with E-state index in [1.54, 1.807) is 12.1 Å². The lowest BCUT2D eigenvalue weighted by Crippen LogP contribution is -2.33. The van der Waals surface area contributed by atoms with Gasteiger partial charge < -0.3 is 14.4 Å². The molecule has 0 bridgehead atoms. The number of piperidine rings is 1. The largest absolute Gasteiger partial charge is 0.461 e. The second-order valence-electron chi connectivity index (χ2n) is 6.70. The zero-order chi connectivity index (χ0) is 17.9. The average Bonchev–Trinajstić information content (AvgIpc) is 3.33. The molecular weight excluding hydrogens is 330 g/mol. The summed E-state index contributed by atoms with van der Waals surface area (Å²) in [6, 6.07) is 13.8. The van der Waals surface area contributed by atoms with Gasteiger partial charge in [-0.15, -0.1) is 0 Å². The molecule has 4 rings (SSSR count). The van der Waals surface area contributed by atoms with Gasteiger partial charge in [0.15, 0.2) is 5.76 Å². The standard InChI is InChI=1S/C20H21N3O3/c24-19(17-7-4-12-26-17)18-16(21-20(25)22-18)13-23-10-8-15(9-11-23)14-5-2-1-3-6-14/h1-7,12,15H,8-11,13H2,(H2,21,22,25). The number of nitrogens with one attached hydrogen (secondary N) is 2. The van der Waals surface area contributed by atoms with Crippen LogP contribution in [0.1, 0.15) is 46.3 Å². The van der Waals surface area contributed by atoms with Crippen molar-refractivity contribution in [2.45, 2.75) is 25.3 Å². The van der Waals surface area contributed by atoms with Crippen molar-refractivity contribution < 1.29 is 9.21 Å². The molecule has 0 unspecified atom stereocenters. The molecule has 0 radical (unpaired) electrons. The molecule has 0 saturated carbocycles. The van der Waals surface area contributed by atoms with Gasteiger partial charge in [0.2, 0.25) is 5.78 Å². The third-order valence-electron chi connectivity index (χ3n) is 5.02. The van der Waals surface area contributed by atoms with Crippen LogP contribution in [0.5, 0.6) is 0 Å². The van der Waals surface area contributed by atoms with Crippen molar-refractivity contribution in [1.29, 1.82) is 0 Å². The number of H-pyrrole nitrogens is 2. The number of imidazole rings is 1. The molecule has 1 aliphatic rings. The summed E-state index contributed by atoms with van der Waals surface area (Å²) in [5.41, 5.74) is 1.93. The van der Waals surface area contributed by atoms with Gasteiger partial charge in [0.05, 0.1) is 12.0 Å². The number of carbonyl (C=O) groups excluding carboxylic acids is 1. The Hall–Kier alpha value is -2.86. The first-order valence-corrected chi connectivity index (χ1v) is 8.87. The molecule has 26 heavy (non-hydrogen) atoms. The Morgan fingerprint density at radius 3 is 2.54 bits per heavy atom. The lowest BCUT2D eigenvalue weighted by atomic mass is 9.89. The summed E-state index contributed by atoms with van der Waals surface area (Å²) in [5.74, 6) is 0.494. The SMILES string of the molecule is O=C(c1ccco1)c1[nH]c(=O)[nH]c1CN1CCC(c2ccccc2)CC1. The van der Waals surface area contributed by atoms with E-state index in [-0.39, 0.29) is 22.9 Å². The van der Waals surface area contributed by atoms with Crippen LogP contribution in [-0.2, 0) is 6.54 Å². The number of hydrogen-bond donors (Lipinski definition) is 2. The number of likely N-dealkylation sites (tertiary alicyclic amines) is 1. The van der Waals surface area contributed by atoms with Crippen LogP contribution in [0.3, 0.4) is 0 Å². The van der Waals surface area contributed by atoms with Crippen LogP contribution < -0.4 is 5.69 Å². The number of furan rings is 1. The molecule has 0 atom stereocenters. The van der Waals surface area contributed by atoms with Crippen LogP contribution in [0, 0.1) is 0 Å². The van der Waals surface area contributed by atoms with Gasteiger partial charge in [0.25, 0.3) is 0 Å². The summed E-state index contributed by atoms with van der Waals surface area (Å²) in [6.07, 6.45) is 3.59. The smallest absolute Gasteiger partial charge is 0.323 e. The van der Waals surface area contributed by atoms with Gasteiger partial charge >= 0.3 is 5.69 Å². The van der Waals surface area contributed by atoms with Crippen molar-refractivity contribution in [3.05, 3.63) is 81.9 Å². The normalized spacial score (nSPS) is 16.0. The van der Waals surface area contributed by atoms with E-state index in [1.807, 2.05) is 6.07 Å². The van der Waals surface area contributed by atoms with Gasteiger partial charge in [-0.25, -0.2) is 4.79 Å². The first-order valence-electron chi connectivity index (χ1n) is 8.87. The maximum absolute atomic E-state index is 12.5. The van der Waals surface area contributed by atoms with E-state index in [0.29, 0.717) is 18.2 Å². The highest BCUT2D eigenvalue weighted by molar-refractivity contribution is 6.06. The van der Waals surface area contributed by atoms with Gasteiger partial charge in [-0.1, -0.05) is 30.3 Å². The van der Waals surface area contributed by atoms with Crippen LogP contribution in [0.4, 0.5) is 0 Å². The van der Waals surface area contributed by atoms with E-state index in [9.17, 15) is 9.59 Å². The molecule has 0 aliphatic carbocycles. The Morgan fingerprint density at radius 2 is 1.85 bits per heavy atom. The van der Waals surface area contributed by atoms with Crippen LogP contribution in [0.2, 0.25) is 0 Å². The minimum absolute atomic E-state index is 0.226. The van der Waals surface area contributed by atoms with E-state index in [0.717, 1.165) is 25.9 Å². The molecule has 1 saturated heterocycles. The Labute approximate surface area is 150 Å². The summed E-state index contributed by atoms with van der Waals surface area (Å²) in [4.78, 5) is 31.9. The predicted octanol–water partition coefficient (Wildman–Crippen LogP) is 2.91. The van der Waals surface area contributed by atoms with Crippen molar-refractivity contribution in [1.82, 2.24) is 14.9 Å². The molecule has 3 heterocycles. The van der Waals surface area contributed by atoms with Crippen molar-refractivity contribution >= 4 is 5.78 Å². The van der Waals surface area contributed by atoms with Crippen LogP contribution in [0.15, 0.2) is 57.9 Å². The monoisotopic (exact) mass is 351 g/mol. The van der Waals surface area contributed by atoms with E-state index in [2.05, 4.69) is 39.1 Å². The molecule has 1 fully saturated rings. The minimum Gasteiger partial charge on any atom is -0.461 e. The van der Waals surface area contributed by atoms with Gasteiger partial charge in [0, 0.05) is 6.54 Å². The molecule has 0 spiro atoms. The number of aromatic nitrogens is 2.